The first-order valence-corrected chi connectivity index (χ1v) is 13.3. The predicted octanol–water partition coefficient (Wildman–Crippen LogP) is 7.25. The van der Waals surface area contributed by atoms with E-state index < -0.39 is 17.7 Å². The average molecular weight is 554 g/mol. The van der Waals surface area contributed by atoms with Crippen molar-refractivity contribution in [3.8, 4) is 11.5 Å². The van der Waals surface area contributed by atoms with Crippen molar-refractivity contribution in [3.63, 3.8) is 0 Å². The van der Waals surface area contributed by atoms with Crippen molar-refractivity contribution in [2.24, 2.45) is 0 Å². The van der Waals surface area contributed by atoms with E-state index in [4.69, 9.17) is 21.1 Å². The van der Waals surface area contributed by atoms with Crippen molar-refractivity contribution in [1.82, 2.24) is 0 Å². The predicted molar refractivity (Wildman–Crippen MR) is 156 cm³/mol. The molecule has 1 N–H and O–H groups in total. The Morgan fingerprint density at radius 2 is 1.60 bits per heavy atom. The summed E-state index contributed by atoms with van der Waals surface area (Å²) in [5, 5.41) is 12.0. The van der Waals surface area contributed by atoms with E-state index in [-0.39, 0.29) is 11.3 Å². The number of rotatable bonds is 8. The fourth-order valence-corrected chi connectivity index (χ4v) is 4.90. The Labute approximate surface area is 238 Å². The van der Waals surface area contributed by atoms with Gasteiger partial charge in [-0.25, -0.2) is 0 Å². The second-order valence-corrected chi connectivity index (χ2v) is 9.84. The molecule has 1 fully saturated rings. The first-order valence-electron chi connectivity index (χ1n) is 12.9. The van der Waals surface area contributed by atoms with Crippen LogP contribution >= 0.6 is 11.6 Å². The zero-order valence-corrected chi connectivity index (χ0v) is 22.9. The van der Waals surface area contributed by atoms with E-state index in [1.165, 1.54) is 4.90 Å². The normalized spacial score (nSPS) is 16.3. The number of hydrogen-bond donors (Lipinski definition) is 1. The number of nitrogens with zero attached hydrogens (tertiary/aromatic N) is 1. The van der Waals surface area contributed by atoms with Crippen LogP contribution in [0.4, 0.5) is 5.69 Å². The number of ketones is 1. The van der Waals surface area contributed by atoms with E-state index in [1.54, 1.807) is 66.7 Å². The Balaban J connectivity index is 1.55. The average Bonchev–Trinajstić information content (AvgIpc) is 3.23. The van der Waals surface area contributed by atoms with Gasteiger partial charge in [-0.15, -0.1) is 0 Å². The molecule has 0 aromatic heterocycles. The third kappa shape index (κ3) is 5.44. The number of halogens is 1. The number of anilines is 1. The first kappa shape index (κ1) is 27.0. The molecule has 5 rings (SSSR count). The van der Waals surface area contributed by atoms with E-state index in [0.717, 1.165) is 11.1 Å². The summed E-state index contributed by atoms with van der Waals surface area (Å²) in [5.74, 6) is -0.441. The number of aliphatic hydroxyl groups is 1. The molecule has 4 aromatic carbocycles. The zero-order chi connectivity index (χ0) is 28.2. The van der Waals surface area contributed by atoms with E-state index in [0.29, 0.717) is 46.5 Å². The molecule has 40 heavy (non-hydrogen) atoms. The van der Waals surface area contributed by atoms with Crippen LogP contribution in [0.2, 0.25) is 5.02 Å². The summed E-state index contributed by atoms with van der Waals surface area (Å²) in [6, 6.07) is 28.0. The van der Waals surface area contributed by atoms with Gasteiger partial charge < -0.3 is 14.6 Å². The van der Waals surface area contributed by atoms with Crippen LogP contribution in [0.5, 0.6) is 11.5 Å². The van der Waals surface area contributed by atoms with E-state index in [1.807, 2.05) is 44.2 Å². The Bertz CT molecular complexity index is 1560. The minimum atomic E-state index is -0.855. The van der Waals surface area contributed by atoms with Crippen LogP contribution in [-0.4, -0.2) is 23.4 Å². The molecular weight excluding hydrogens is 526 g/mol. The standard InChI is InChI=1S/C33H28ClNO5/c1-3-39-27-16-9-23(10-17-27)30-29(32(37)33(38)35(30)26-14-12-25(34)13-15-26)31(36)24-11-18-28(21(2)19-24)40-20-22-7-5-4-6-8-22/h4-19,30,36H,3,20H2,1-2H3/b31-29-. The van der Waals surface area contributed by atoms with Gasteiger partial charge in [0.05, 0.1) is 18.2 Å². The SMILES string of the molecule is CCOc1ccc(C2/C(=C(/O)c3ccc(OCc4ccccc4)c(C)c3)C(=O)C(=O)N2c2ccc(Cl)cc2)cc1. The lowest BCUT2D eigenvalue weighted by Gasteiger charge is -2.25. The molecule has 0 radical (unpaired) electrons. The number of Topliss-reactive ketones (excluding diaryl/α,β-unsaturated/α-hetero) is 1. The Kier molecular flexibility index (Phi) is 7.89. The number of carbonyl (C=O) groups is 2. The molecule has 0 aliphatic carbocycles. The number of benzene rings is 4. The topological polar surface area (TPSA) is 76.1 Å². The summed E-state index contributed by atoms with van der Waals surface area (Å²) in [5.41, 5.74) is 3.37. The van der Waals surface area contributed by atoms with E-state index >= 15 is 0 Å². The van der Waals surface area contributed by atoms with Crippen molar-refractivity contribution < 1.29 is 24.2 Å². The monoisotopic (exact) mass is 553 g/mol. The van der Waals surface area contributed by atoms with Crippen LogP contribution in [0.3, 0.4) is 0 Å². The van der Waals surface area contributed by atoms with Gasteiger partial charge in [0.2, 0.25) is 0 Å². The number of hydrogen-bond acceptors (Lipinski definition) is 5. The molecule has 1 atom stereocenters. The second kappa shape index (κ2) is 11.7. The minimum absolute atomic E-state index is 0.00136. The van der Waals surface area contributed by atoms with Gasteiger partial charge in [0.25, 0.3) is 11.7 Å². The third-order valence-electron chi connectivity index (χ3n) is 6.74. The first-order chi connectivity index (χ1) is 19.4. The summed E-state index contributed by atoms with van der Waals surface area (Å²) in [6.07, 6.45) is 0. The summed E-state index contributed by atoms with van der Waals surface area (Å²) in [7, 11) is 0. The lowest BCUT2D eigenvalue weighted by molar-refractivity contribution is -0.132. The van der Waals surface area contributed by atoms with Crippen molar-refractivity contribution in [2.45, 2.75) is 26.5 Å². The van der Waals surface area contributed by atoms with Gasteiger partial charge in [0, 0.05) is 16.3 Å². The van der Waals surface area contributed by atoms with Gasteiger partial charge in [-0.1, -0.05) is 54.1 Å². The number of ether oxygens (including phenoxy) is 2. The molecule has 0 spiro atoms. The molecule has 0 bridgehead atoms. The summed E-state index contributed by atoms with van der Waals surface area (Å²) in [6.45, 7) is 4.67. The van der Waals surface area contributed by atoms with Gasteiger partial charge in [0.1, 0.15) is 23.9 Å². The van der Waals surface area contributed by atoms with Crippen LogP contribution in [0, 0.1) is 6.92 Å². The maximum Gasteiger partial charge on any atom is 0.300 e. The largest absolute Gasteiger partial charge is 0.507 e. The molecule has 1 heterocycles. The summed E-state index contributed by atoms with van der Waals surface area (Å²) < 4.78 is 11.5. The highest BCUT2D eigenvalue weighted by Crippen LogP contribution is 2.43. The highest BCUT2D eigenvalue weighted by atomic mass is 35.5. The molecular formula is C33H28ClNO5. The number of aryl methyl sites for hydroxylation is 1. The maximum atomic E-state index is 13.5. The Morgan fingerprint density at radius 3 is 2.25 bits per heavy atom. The van der Waals surface area contributed by atoms with E-state index in [2.05, 4.69) is 0 Å². The Morgan fingerprint density at radius 1 is 0.900 bits per heavy atom. The molecule has 202 valence electrons. The summed E-state index contributed by atoms with van der Waals surface area (Å²) in [4.78, 5) is 28.2. The van der Waals surface area contributed by atoms with Crippen molar-refractivity contribution >= 4 is 34.7 Å². The third-order valence-corrected chi connectivity index (χ3v) is 6.99. The van der Waals surface area contributed by atoms with Crippen molar-refractivity contribution in [2.75, 3.05) is 11.5 Å². The van der Waals surface area contributed by atoms with Crippen LogP contribution < -0.4 is 14.4 Å². The molecule has 6 nitrogen and oxygen atoms in total. The molecule has 1 aliphatic rings. The van der Waals surface area contributed by atoms with Crippen LogP contribution in [0.25, 0.3) is 5.76 Å². The lowest BCUT2D eigenvalue weighted by atomic mass is 9.94. The second-order valence-electron chi connectivity index (χ2n) is 9.40. The smallest absolute Gasteiger partial charge is 0.300 e. The fraction of sp³-hybridized carbons (Fsp3) is 0.152. The molecule has 4 aromatic rings. The van der Waals surface area contributed by atoms with Gasteiger partial charge in [-0.05, 0) is 85.1 Å². The summed E-state index contributed by atoms with van der Waals surface area (Å²) >= 11 is 6.08. The van der Waals surface area contributed by atoms with Gasteiger partial charge >= 0.3 is 0 Å². The molecule has 1 aliphatic heterocycles. The molecule has 0 saturated carbocycles. The maximum absolute atomic E-state index is 13.5. The van der Waals surface area contributed by atoms with Crippen LogP contribution in [0.1, 0.15) is 35.2 Å². The highest BCUT2D eigenvalue weighted by Gasteiger charge is 2.47. The van der Waals surface area contributed by atoms with Crippen molar-refractivity contribution in [3.05, 3.63) is 130 Å². The molecule has 1 saturated heterocycles. The van der Waals surface area contributed by atoms with Gasteiger partial charge in [-0.2, -0.15) is 0 Å². The van der Waals surface area contributed by atoms with Gasteiger partial charge in [0.15, 0.2) is 0 Å². The number of carbonyl (C=O) groups excluding carboxylic acids is 2. The highest BCUT2D eigenvalue weighted by molar-refractivity contribution is 6.51. The minimum Gasteiger partial charge on any atom is -0.507 e. The van der Waals surface area contributed by atoms with Crippen molar-refractivity contribution in [1.29, 1.82) is 0 Å². The molecule has 7 heteroatoms. The molecule has 1 amide bonds. The van der Waals surface area contributed by atoms with E-state index in [9.17, 15) is 14.7 Å². The lowest BCUT2D eigenvalue weighted by Crippen LogP contribution is -2.29. The van der Waals surface area contributed by atoms with Gasteiger partial charge in [-0.3, -0.25) is 14.5 Å². The Hall–Kier alpha value is -4.55. The number of aliphatic hydroxyl groups excluding tert-OH is 1. The molecule has 1 unspecified atom stereocenters. The zero-order valence-electron chi connectivity index (χ0n) is 22.1. The quantitative estimate of drug-likeness (QED) is 0.141. The number of amides is 1. The van der Waals surface area contributed by atoms with Crippen LogP contribution in [-0.2, 0) is 16.2 Å². The van der Waals surface area contributed by atoms with Crippen LogP contribution in [0.15, 0.2) is 103 Å². The fourth-order valence-electron chi connectivity index (χ4n) is 4.78.